The van der Waals surface area contributed by atoms with Crippen molar-refractivity contribution in [2.24, 2.45) is 0 Å². The number of halogens is 2. The first-order chi connectivity index (χ1) is 7.04. The molecule has 0 aromatic carbocycles. The second kappa shape index (κ2) is 7.80. The highest BCUT2D eigenvalue weighted by molar-refractivity contribution is 4.92. The molecule has 0 bridgehead atoms. The highest BCUT2D eigenvalue weighted by Gasteiger charge is 2.33. The molecule has 1 unspecified atom stereocenters. The smallest absolute Gasteiger partial charge is 0.291 e. The van der Waals surface area contributed by atoms with E-state index in [1.54, 1.807) is 0 Å². The Morgan fingerprint density at radius 3 is 2.27 bits per heavy atom. The van der Waals surface area contributed by atoms with Crippen molar-refractivity contribution in [3.63, 3.8) is 0 Å². The zero-order valence-corrected chi connectivity index (χ0v) is 9.51. The summed E-state index contributed by atoms with van der Waals surface area (Å²) in [6.45, 7) is 5.15. The van der Waals surface area contributed by atoms with Gasteiger partial charge in [-0.1, -0.05) is 52.0 Å². The van der Waals surface area contributed by atoms with Crippen LogP contribution in [0.2, 0.25) is 0 Å². The van der Waals surface area contributed by atoms with Crippen LogP contribution >= 0.6 is 0 Å². The van der Waals surface area contributed by atoms with Crippen molar-refractivity contribution in [1.29, 1.82) is 0 Å². The third-order valence-electron chi connectivity index (χ3n) is 2.55. The summed E-state index contributed by atoms with van der Waals surface area (Å²) in [4.78, 5) is 0. The fraction of sp³-hybridized carbons (Fsp3) is 0.833. The predicted molar refractivity (Wildman–Crippen MR) is 59.1 cm³/mol. The monoisotopic (exact) mass is 220 g/mol. The molecule has 1 nitrogen and oxygen atoms in total. The minimum atomic E-state index is -3.14. The molecule has 15 heavy (non-hydrogen) atoms. The third-order valence-corrected chi connectivity index (χ3v) is 2.55. The summed E-state index contributed by atoms with van der Waals surface area (Å²) < 4.78 is 25.6. The lowest BCUT2D eigenvalue weighted by molar-refractivity contribution is -0.0730. The SMILES string of the molecule is C=CC(F)(F)C(O)CCCCCCCC. The Bertz CT molecular complexity index is 169. The molecule has 0 radical (unpaired) electrons. The van der Waals surface area contributed by atoms with Crippen molar-refractivity contribution in [1.82, 2.24) is 0 Å². The van der Waals surface area contributed by atoms with Crippen LogP contribution in [0, 0.1) is 0 Å². The molecule has 0 aromatic heterocycles. The quantitative estimate of drug-likeness (QED) is 0.461. The van der Waals surface area contributed by atoms with Gasteiger partial charge in [-0.05, 0) is 12.5 Å². The maximum Gasteiger partial charge on any atom is 0.291 e. The minimum Gasteiger partial charge on any atom is -0.386 e. The molecule has 1 N–H and O–H groups in total. The van der Waals surface area contributed by atoms with E-state index in [1.165, 1.54) is 12.8 Å². The summed E-state index contributed by atoms with van der Waals surface area (Å²) in [6.07, 6.45) is 5.30. The molecule has 0 saturated carbocycles. The van der Waals surface area contributed by atoms with Crippen molar-refractivity contribution < 1.29 is 13.9 Å². The minimum absolute atomic E-state index is 0.158. The Labute approximate surface area is 91.2 Å². The maximum atomic E-state index is 12.8. The van der Waals surface area contributed by atoms with Gasteiger partial charge in [-0.25, -0.2) is 0 Å². The van der Waals surface area contributed by atoms with Gasteiger partial charge in [-0.15, -0.1) is 0 Å². The van der Waals surface area contributed by atoms with E-state index in [4.69, 9.17) is 5.11 Å². The topological polar surface area (TPSA) is 20.2 Å². The molecule has 0 aliphatic heterocycles. The highest BCUT2D eigenvalue weighted by atomic mass is 19.3. The average molecular weight is 220 g/mol. The Hall–Kier alpha value is -0.440. The fourth-order valence-corrected chi connectivity index (χ4v) is 1.45. The number of alkyl halides is 2. The molecular formula is C12H22F2O. The second-order valence-corrected chi connectivity index (χ2v) is 3.95. The lowest BCUT2D eigenvalue weighted by Crippen LogP contribution is -2.30. The van der Waals surface area contributed by atoms with E-state index in [2.05, 4.69) is 13.5 Å². The van der Waals surface area contributed by atoms with E-state index in [-0.39, 0.29) is 6.42 Å². The van der Waals surface area contributed by atoms with Gasteiger partial charge in [0.15, 0.2) is 0 Å². The lowest BCUT2D eigenvalue weighted by atomic mass is 10.0. The third kappa shape index (κ3) is 6.61. The molecule has 0 rings (SSSR count). The van der Waals surface area contributed by atoms with Gasteiger partial charge in [-0.3, -0.25) is 0 Å². The van der Waals surface area contributed by atoms with Gasteiger partial charge in [0, 0.05) is 0 Å². The van der Waals surface area contributed by atoms with Crippen molar-refractivity contribution in [3.8, 4) is 0 Å². The largest absolute Gasteiger partial charge is 0.386 e. The van der Waals surface area contributed by atoms with E-state index in [1.807, 2.05) is 0 Å². The standard InChI is InChI=1S/C12H22F2O/c1-3-5-6-7-8-9-10-11(15)12(13,14)4-2/h4,11,15H,2-3,5-10H2,1H3. The molecule has 0 spiro atoms. The summed E-state index contributed by atoms with van der Waals surface area (Å²) in [6, 6.07) is 0. The summed E-state index contributed by atoms with van der Waals surface area (Å²) >= 11 is 0. The molecular weight excluding hydrogens is 198 g/mol. The number of unbranched alkanes of at least 4 members (excludes halogenated alkanes) is 5. The van der Waals surface area contributed by atoms with Crippen LogP contribution in [0.25, 0.3) is 0 Å². The molecule has 0 fully saturated rings. The van der Waals surface area contributed by atoms with Gasteiger partial charge in [0.2, 0.25) is 0 Å². The number of aliphatic hydroxyl groups is 1. The predicted octanol–water partition coefficient (Wildman–Crippen LogP) is 3.92. The number of aliphatic hydroxyl groups excluding tert-OH is 1. The number of hydrogen-bond acceptors (Lipinski definition) is 1. The van der Waals surface area contributed by atoms with Crippen molar-refractivity contribution >= 4 is 0 Å². The summed E-state index contributed by atoms with van der Waals surface area (Å²) in [5.41, 5.74) is 0. The molecule has 0 aromatic rings. The van der Waals surface area contributed by atoms with Crippen LogP contribution in [0.1, 0.15) is 51.9 Å². The van der Waals surface area contributed by atoms with Gasteiger partial charge in [-0.2, -0.15) is 8.78 Å². The van der Waals surface area contributed by atoms with Crippen molar-refractivity contribution in [2.45, 2.75) is 63.9 Å². The molecule has 0 saturated heterocycles. The van der Waals surface area contributed by atoms with Crippen LogP contribution < -0.4 is 0 Å². The summed E-state index contributed by atoms with van der Waals surface area (Å²) in [5, 5.41) is 9.16. The van der Waals surface area contributed by atoms with Crippen LogP contribution in [-0.2, 0) is 0 Å². The van der Waals surface area contributed by atoms with Crippen LogP contribution in [0.5, 0.6) is 0 Å². The maximum absolute atomic E-state index is 12.8. The van der Waals surface area contributed by atoms with Crippen molar-refractivity contribution in [2.75, 3.05) is 0 Å². The van der Waals surface area contributed by atoms with Crippen LogP contribution in [-0.4, -0.2) is 17.1 Å². The van der Waals surface area contributed by atoms with Gasteiger partial charge in [0.1, 0.15) is 6.10 Å². The molecule has 1 atom stereocenters. The van der Waals surface area contributed by atoms with Gasteiger partial charge < -0.3 is 5.11 Å². The Morgan fingerprint density at radius 1 is 1.20 bits per heavy atom. The average Bonchev–Trinajstić information content (AvgIpc) is 2.22. The van der Waals surface area contributed by atoms with Gasteiger partial charge in [0.05, 0.1) is 0 Å². The van der Waals surface area contributed by atoms with E-state index >= 15 is 0 Å². The van der Waals surface area contributed by atoms with Gasteiger partial charge in [0.25, 0.3) is 5.92 Å². The van der Waals surface area contributed by atoms with E-state index in [0.717, 1.165) is 19.3 Å². The molecule has 90 valence electrons. The first-order valence-electron chi connectivity index (χ1n) is 5.74. The zero-order valence-electron chi connectivity index (χ0n) is 9.51. The Balaban J connectivity index is 3.47. The van der Waals surface area contributed by atoms with Crippen LogP contribution in [0.3, 0.4) is 0 Å². The van der Waals surface area contributed by atoms with E-state index in [9.17, 15) is 8.78 Å². The summed E-state index contributed by atoms with van der Waals surface area (Å²) in [5.74, 6) is -3.14. The van der Waals surface area contributed by atoms with Gasteiger partial charge >= 0.3 is 0 Å². The van der Waals surface area contributed by atoms with E-state index in [0.29, 0.717) is 12.5 Å². The van der Waals surface area contributed by atoms with E-state index < -0.39 is 12.0 Å². The molecule has 0 amide bonds. The molecule has 0 heterocycles. The molecule has 3 heteroatoms. The second-order valence-electron chi connectivity index (χ2n) is 3.95. The number of hydrogen-bond donors (Lipinski definition) is 1. The fourth-order valence-electron chi connectivity index (χ4n) is 1.45. The van der Waals surface area contributed by atoms with Crippen molar-refractivity contribution in [3.05, 3.63) is 12.7 Å². The summed E-state index contributed by atoms with van der Waals surface area (Å²) in [7, 11) is 0. The lowest BCUT2D eigenvalue weighted by Gasteiger charge is -2.18. The Morgan fingerprint density at radius 2 is 1.73 bits per heavy atom. The molecule has 0 aliphatic carbocycles. The Kier molecular flexibility index (Phi) is 7.57. The highest BCUT2D eigenvalue weighted by Crippen LogP contribution is 2.23. The first-order valence-corrected chi connectivity index (χ1v) is 5.74. The zero-order chi connectivity index (χ0) is 11.7. The normalized spacial score (nSPS) is 13.9. The van der Waals surface area contributed by atoms with Crippen LogP contribution in [0.4, 0.5) is 8.78 Å². The molecule has 0 aliphatic rings. The number of rotatable bonds is 9. The van der Waals surface area contributed by atoms with Crippen LogP contribution in [0.15, 0.2) is 12.7 Å². The first kappa shape index (κ1) is 14.6.